The molecule has 39 heavy (non-hydrogen) atoms. The van der Waals surface area contributed by atoms with Gasteiger partial charge in [-0.05, 0) is 57.0 Å². The first kappa shape index (κ1) is 25.1. The Morgan fingerprint density at radius 3 is 2.72 bits per heavy atom. The minimum Gasteiger partial charge on any atom is -0.489 e. The van der Waals surface area contributed by atoms with Crippen molar-refractivity contribution in [3.63, 3.8) is 0 Å². The first-order chi connectivity index (χ1) is 18.6. The van der Waals surface area contributed by atoms with Crippen molar-refractivity contribution in [1.82, 2.24) is 19.7 Å². The summed E-state index contributed by atoms with van der Waals surface area (Å²) in [4.78, 5) is 35.3. The highest BCUT2D eigenvalue weighted by atomic mass is 35.5. The number of amides is 1. The highest BCUT2D eigenvalue weighted by molar-refractivity contribution is 6.32. The molecule has 10 nitrogen and oxygen atoms in total. The molecule has 1 amide bonds. The number of H-pyrrole nitrogens is 1. The van der Waals surface area contributed by atoms with Crippen LogP contribution in [0.25, 0.3) is 22.3 Å². The summed E-state index contributed by atoms with van der Waals surface area (Å²) in [5.41, 5.74) is 1.24. The highest BCUT2D eigenvalue weighted by Gasteiger charge is 2.44. The van der Waals surface area contributed by atoms with E-state index in [-0.39, 0.29) is 29.2 Å². The number of imidazole rings is 1. The number of aromatic nitrogens is 4. The van der Waals surface area contributed by atoms with Crippen LogP contribution in [0.4, 0.5) is 14.5 Å². The summed E-state index contributed by atoms with van der Waals surface area (Å²) in [7, 11) is 0. The number of aromatic amines is 1. The van der Waals surface area contributed by atoms with E-state index in [1.807, 2.05) is 13.8 Å². The first-order valence-electron chi connectivity index (χ1n) is 12.2. The van der Waals surface area contributed by atoms with Crippen LogP contribution in [-0.4, -0.2) is 44.1 Å². The lowest BCUT2D eigenvalue weighted by molar-refractivity contribution is -0.286. The van der Waals surface area contributed by atoms with Crippen molar-refractivity contribution in [3.05, 3.63) is 58.1 Å². The molecule has 1 aliphatic carbocycles. The number of halogens is 3. The number of hydrogen-bond acceptors (Lipinski definition) is 7. The number of hydrogen-bond donors (Lipinski definition) is 1. The molecule has 0 saturated heterocycles. The van der Waals surface area contributed by atoms with Gasteiger partial charge < -0.3 is 24.1 Å². The van der Waals surface area contributed by atoms with Crippen molar-refractivity contribution in [2.45, 2.75) is 51.7 Å². The van der Waals surface area contributed by atoms with Crippen molar-refractivity contribution in [3.8, 4) is 28.5 Å². The molecule has 2 aromatic heterocycles. The van der Waals surface area contributed by atoms with E-state index in [0.29, 0.717) is 33.2 Å². The fraction of sp³-hybridized carbons (Fsp3) is 0.308. The van der Waals surface area contributed by atoms with Crippen LogP contribution in [0.15, 0.2) is 47.5 Å². The zero-order valence-electron chi connectivity index (χ0n) is 20.8. The molecule has 0 spiro atoms. The van der Waals surface area contributed by atoms with Crippen molar-refractivity contribution < 1.29 is 27.8 Å². The molecule has 1 fully saturated rings. The molecule has 0 radical (unpaired) electrons. The summed E-state index contributed by atoms with van der Waals surface area (Å²) in [6.07, 6.45) is -1.02. The molecule has 3 heterocycles. The lowest BCUT2D eigenvalue weighted by Gasteiger charge is -2.23. The minimum atomic E-state index is -3.77. The Morgan fingerprint density at radius 1 is 1.23 bits per heavy atom. The Morgan fingerprint density at radius 2 is 2.00 bits per heavy atom. The number of fused-ring (bicyclic) bond motifs is 2. The summed E-state index contributed by atoms with van der Waals surface area (Å²) in [5, 5.41) is 4.83. The normalized spacial score (nSPS) is 15.6. The maximum atomic E-state index is 13.5. The van der Waals surface area contributed by atoms with Crippen molar-refractivity contribution in [2.75, 3.05) is 4.90 Å². The smallest absolute Gasteiger partial charge is 0.489 e. The maximum Gasteiger partial charge on any atom is 0.586 e. The lowest BCUT2D eigenvalue weighted by Crippen LogP contribution is -2.39. The van der Waals surface area contributed by atoms with Gasteiger partial charge >= 0.3 is 6.29 Å². The van der Waals surface area contributed by atoms with E-state index in [0.717, 1.165) is 17.5 Å². The molecule has 1 aliphatic heterocycles. The molecule has 0 atom stereocenters. The van der Waals surface area contributed by atoms with Crippen LogP contribution in [-0.2, 0) is 11.3 Å². The predicted octanol–water partition coefficient (Wildman–Crippen LogP) is 4.74. The zero-order valence-corrected chi connectivity index (χ0v) is 21.5. The number of nitrogens with one attached hydrogen (secondary N) is 1. The van der Waals surface area contributed by atoms with Gasteiger partial charge in [-0.2, -0.15) is 5.10 Å². The summed E-state index contributed by atoms with van der Waals surface area (Å²) in [6.45, 7) is 3.37. The van der Waals surface area contributed by atoms with E-state index in [9.17, 15) is 18.4 Å². The number of carbonyl (C=O) groups excluding carboxylic acids is 1. The Kier molecular flexibility index (Phi) is 5.94. The molecule has 4 aromatic rings. The van der Waals surface area contributed by atoms with Gasteiger partial charge in [0.15, 0.2) is 11.5 Å². The number of benzene rings is 2. The van der Waals surface area contributed by atoms with Crippen LogP contribution in [0, 0.1) is 0 Å². The summed E-state index contributed by atoms with van der Waals surface area (Å²) < 4.78 is 42.8. The monoisotopic (exact) mass is 557 g/mol. The van der Waals surface area contributed by atoms with Gasteiger partial charge in [0.1, 0.15) is 29.0 Å². The molecule has 0 bridgehead atoms. The van der Waals surface area contributed by atoms with E-state index in [1.54, 1.807) is 18.2 Å². The topological polar surface area (TPSA) is 112 Å². The van der Waals surface area contributed by atoms with Gasteiger partial charge in [0.2, 0.25) is 5.91 Å². The largest absolute Gasteiger partial charge is 0.586 e. The standard InChI is InChI=1S/C26H22ClF2N5O5/c1-13(2)37-18-7-3-14(9-17(18)27)22-23-24(31-12-30-23)25(36)33(32-22)11-21(35)34(15-4-5-15)16-6-8-19-20(10-16)39-26(28,29)38-19/h3,6-10,12-13,15H,4-5,11H2,1-2H3,(H,30,31). The molecule has 202 valence electrons. The molecule has 2 aromatic carbocycles. The number of ether oxygens (including phenoxy) is 3. The number of rotatable bonds is 7. The molecular weight excluding hydrogens is 536 g/mol. The van der Waals surface area contributed by atoms with Crippen LogP contribution in [0.1, 0.15) is 26.7 Å². The molecule has 1 N–H and O–H groups in total. The molecule has 6 rings (SSSR count). The zero-order chi connectivity index (χ0) is 27.5. The lowest BCUT2D eigenvalue weighted by atomic mass is 10.1. The van der Waals surface area contributed by atoms with Crippen LogP contribution in [0.5, 0.6) is 17.2 Å². The molecule has 13 heteroatoms. The highest BCUT2D eigenvalue weighted by Crippen LogP contribution is 2.44. The van der Waals surface area contributed by atoms with Gasteiger partial charge in [-0.15, -0.1) is 8.78 Å². The molecular formula is C26H22ClF2N5O5. The van der Waals surface area contributed by atoms with Gasteiger partial charge in [0.05, 0.1) is 17.5 Å². The van der Waals surface area contributed by atoms with Gasteiger partial charge in [0.25, 0.3) is 5.56 Å². The number of alkyl halides is 2. The van der Waals surface area contributed by atoms with Crippen molar-refractivity contribution in [2.24, 2.45) is 0 Å². The van der Waals surface area contributed by atoms with E-state index in [2.05, 4.69) is 24.5 Å². The quantitative estimate of drug-likeness (QED) is 0.349. The van der Waals surface area contributed by atoms with Gasteiger partial charge in [0, 0.05) is 23.4 Å². The molecule has 0 unspecified atom stereocenters. The predicted molar refractivity (Wildman–Crippen MR) is 138 cm³/mol. The third-order valence-electron chi connectivity index (χ3n) is 6.23. The van der Waals surface area contributed by atoms with Crippen molar-refractivity contribution in [1.29, 1.82) is 0 Å². The molecule has 1 saturated carbocycles. The Labute approximate surface area is 225 Å². The Hall–Kier alpha value is -4.19. The van der Waals surface area contributed by atoms with E-state index in [4.69, 9.17) is 16.3 Å². The van der Waals surface area contributed by atoms with Gasteiger partial charge in [-0.25, -0.2) is 9.67 Å². The van der Waals surface area contributed by atoms with Crippen LogP contribution >= 0.6 is 11.6 Å². The summed E-state index contributed by atoms with van der Waals surface area (Å²) >= 11 is 6.44. The maximum absolute atomic E-state index is 13.5. The fourth-order valence-corrected chi connectivity index (χ4v) is 4.69. The van der Waals surface area contributed by atoms with E-state index >= 15 is 0 Å². The average Bonchev–Trinajstić information content (AvgIpc) is 3.46. The van der Waals surface area contributed by atoms with Crippen molar-refractivity contribution >= 4 is 34.2 Å². The third kappa shape index (κ3) is 4.76. The van der Waals surface area contributed by atoms with Gasteiger partial charge in [-0.3, -0.25) is 9.59 Å². The first-order valence-corrected chi connectivity index (χ1v) is 12.6. The summed E-state index contributed by atoms with van der Waals surface area (Å²) in [6, 6.07) is 9.12. The van der Waals surface area contributed by atoms with E-state index in [1.165, 1.54) is 29.4 Å². The van der Waals surface area contributed by atoms with Crippen LogP contribution in [0.2, 0.25) is 5.02 Å². The Bertz CT molecular complexity index is 1670. The van der Waals surface area contributed by atoms with E-state index < -0.39 is 24.3 Å². The Balaban J connectivity index is 1.35. The van der Waals surface area contributed by atoms with Crippen LogP contribution in [0.3, 0.4) is 0 Å². The number of carbonyl (C=O) groups is 1. The van der Waals surface area contributed by atoms with Gasteiger partial charge in [-0.1, -0.05) is 11.6 Å². The second-order valence-corrected chi connectivity index (χ2v) is 9.95. The fourth-order valence-electron chi connectivity index (χ4n) is 4.46. The average molecular weight is 558 g/mol. The second-order valence-electron chi connectivity index (χ2n) is 9.54. The minimum absolute atomic E-state index is 0.0758. The third-order valence-corrected chi connectivity index (χ3v) is 6.52. The number of anilines is 1. The second kappa shape index (κ2) is 9.23. The molecule has 2 aliphatic rings. The van der Waals surface area contributed by atoms with Crippen LogP contribution < -0.4 is 24.7 Å². The summed E-state index contributed by atoms with van der Waals surface area (Å²) in [5.74, 6) is -0.239. The number of nitrogens with zero attached hydrogens (tertiary/aromatic N) is 4. The SMILES string of the molecule is CC(C)Oc1ccc(-c2nn(CC(=O)N(c3ccc4c(c3)OC(F)(F)O4)C3CC3)c(=O)c3[nH]cnc23)cc1Cl.